The highest BCUT2D eigenvalue weighted by atomic mass is 16.2. The second-order valence-corrected chi connectivity index (χ2v) is 4.69. The zero-order valence-electron chi connectivity index (χ0n) is 9.40. The van der Waals surface area contributed by atoms with Gasteiger partial charge in [0.1, 0.15) is 5.54 Å². The minimum Gasteiger partial charge on any atom is -0.353 e. The summed E-state index contributed by atoms with van der Waals surface area (Å²) in [5.74, 6) is -0.0252. The minimum atomic E-state index is -0.710. The molecule has 2 aliphatic rings. The molecule has 88 valence electrons. The molecule has 2 N–H and O–H groups in total. The van der Waals surface area contributed by atoms with Crippen molar-refractivity contribution in [3.63, 3.8) is 0 Å². The lowest BCUT2D eigenvalue weighted by Crippen LogP contribution is -2.51. The maximum atomic E-state index is 12.0. The summed E-state index contributed by atoms with van der Waals surface area (Å²) >= 11 is 0. The van der Waals surface area contributed by atoms with Gasteiger partial charge in [-0.1, -0.05) is 30.3 Å². The standard InChI is InChI=1S/C13H14N2O2/c16-11-6-7-13(15-11)10(8-14-12(13)17)9-4-2-1-3-5-9/h1-5,10H,6-8H2,(H,14,17)(H,15,16)/t10-,13-/m0/s1. The first-order valence-electron chi connectivity index (χ1n) is 5.87. The van der Waals surface area contributed by atoms with Crippen LogP contribution in [0.25, 0.3) is 0 Å². The van der Waals surface area contributed by atoms with Gasteiger partial charge < -0.3 is 10.6 Å². The third-order valence-electron chi connectivity index (χ3n) is 3.78. The molecule has 4 nitrogen and oxygen atoms in total. The molecule has 0 radical (unpaired) electrons. The Morgan fingerprint density at radius 2 is 1.94 bits per heavy atom. The molecular formula is C13H14N2O2. The quantitative estimate of drug-likeness (QED) is 0.740. The average molecular weight is 230 g/mol. The van der Waals surface area contributed by atoms with Gasteiger partial charge in [-0.25, -0.2) is 0 Å². The Morgan fingerprint density at radius 1 is 1.18 bits per heavy atom. The number of hydrogen-bond acceptors (Lipinski definition) is 2. The van der Waals surface area contributed by atoms with Gasteiger partial charge in [-0.3, -0.25) is 9.59 Å². The van der Waals surface area contributed by atoms with Crippen LogP contribution < -0.4 is 10.6 Å². The second-order valence-electron chi connectivity index (χ2n) is 4.69. The van der Waals surface area contributed by atoms with Crippen LogP contribution >= 0.6 is 0 Å². The smallest absolute Gasteiger partial charge is 0.246 e. The van der Waals surface area contributed by atoms with Crippen molar-refractivity contribution in [3.8, 4) is 0 Å². The van der Waals surface area contributed by atoms with E-state index in [1.54, 1.807) is 0 Å². The highest BCUT2D eigenvalue weighted by molar-refractivity contribution is 5.97. The molecule has 2 heterocycles. The van der Waals surface area contributed by atoms with Crippen LogP contribution in [0.2, 0.25) is 0 Å². The molecule has 2 amide bonds. The number of carbonyl (C=O) groups excluding carboxylic acids is 2. The molecule has 0 bridgehead atoms. The Hall–Kier alpha value is -1.84. The topological polar surface area (TPSA) is 58.2 Å². The lowest BCUT2D eigenvalue weighted by Gasteiger charge is -2.27. The van der Waals surface area contributed by atoms with Gasteiger partial charge in [0.05, 0.1) is 0 Å². The minimum absolute atomic E-state index is 0.0250. The molecule has 2 saturated heterocycles. The van der Waals surface area contributed by atoms with Crippen molar-refractivity contribution < 1.29 is 9.59 Å². The van der Waals surface area contributed by atoms with E-state index in [0.29, 0.717) is 19.4 Å². The van der Waals surface area contributed by atoms with Gasteiger partial charge in [0, 0.05) is 18.9 Å². The Balaban J connectivity index is 2.00. The molecule has 1 spiro atoms. The first-order chi connectivity index (χ1) is 8.22. The van der Waals surface area contributed by atoms with E-state index in [9.17, 15) is 9.59 Å². The van der Waals surface area contributed by atoms with E-state index in [4.69, 9.17) is 0 Å². The van der Waals surface area contributed by atoms with Crippen molar-refractivity contribution in [1.29, 1.82) is 0 Å². The molecule has 0 unspecified atom stereocenters. The highest BCUT2D eigenvalue weighted by Crippen LogP contribution is 2.38. The summed E-state index contributed by atoms with van der Waals surface area (Å²) in [5.41, 5.74) is 0.395. The van der Waals surface area contributed by atoms with Crippen LogP contribution in [0.4, 0.5) is 0 Å². The van der Waals surface area contributed by atoms with E-state index in [0.717, 1.165) is 5.56 Å². The molecule has 0 aromatic heterocycles. The lowest BCUT2D eigenvalue weighted by molar-refractivity contribution is -0.127. The zero-order chi connectivity index (χ0) is 11.9. The van der Waals surface area contributed by atoms with Crippen molar-refractivity contribution >= 4 is 11.8 Å². The number of nitrogens with one attached hydrogen (secondary N) is 2. The third kappa shape index (κ3) is 1.44. The third-order valence-corrected chi connectivity index (χ3v) is 3.78. The highest BCUT2D eigenvalue weighted by Gasteiger charge is 2.54. The fourth-order valence-corrected chi connectivity index (χ4v) is 2.89. The molecule has 17 heavy (non-hydrogen) atoms. The van der Waals surface area contributed by atoms with Crippen molar-refractivity contribution in [2.24, 2.45) is 0 Å². The first-order valence-corrected chi connectivity index (χ1v) is 5.87. The van der Waals surface area contributed by atoms with E-state index in [2.05, 4.69) is 10.6 Å². The summed E-state index contributed by atoms with van der Waals surface area (Å²) in [5, 5.41) is 5.74. The van der Waals surface area contributed by atoms with Gasteiger partial charge in [-0.2, -0.15) is 0 Å². The van der Waals surface area contributed by atoms with Crippen molar-refractivity contribution in [2.45, 2.75) is 24.3 Å². The molecule has 1 aromatic carbocycles. The molecule has 0 aliphatic carbocycles. The van der Waals surface area contributed by atoms with Crippen LogP contribution in [-0.2, 0) is 9.59 Å². The first kappa shape index (κ1) is 10.3. The van der Waals surface area contributed by atoms with Gasteiger partial charge >= 0.3 is 0 Å². The molecule has 2 atom stereocenters. The summed E-state index contributed by atoms with van der Waals surface area (Å²) in [4.78, 5) is 23.4. The molecule has 0 saturated carbocycles. The Labute approximate surface area is 99.4 Å². The lowest BCUT2D eigenvalue weighted by atomic mass is 9.80. The number of benzene rings is 1. The molecular weight excluding hydrogens is 216 g/mol. The van der Waals surface area contributed by atoms with Crippen LogP contribution in [0.5, 0.6) is 0 Å². The van der Waals surface area contributed by atoms with Crippen molar-refractivity contribution in [2.75, 3.05) is 6.54 Å². The fourth-order valence-electron chi connectivity index (χ4n) is 2.89. The van der Waals surface area contributed by atoms with Gasteiger partial charge in [-0.05, 0) is 12.0 Å². The fraction of sp³-hybridized carbons (Fsp3) is 0.385. The molecule has 2 aliphatic heterocycles. The maximum absolute atomic E-state index is 12.0. The van der Waals surface area contributed by atoms with E-state index >= 15 is 0 Å². The summed E-state index contributed by atoms with van der Waals surface area (Å²) in [6.45, 7) is 0.600. The van der Waals surface area contributed by atoms with Crippen LogP contribution in [-0.4, -0.2) is 23.9 Å². The van der Waals surface area contributed by atoms with Crippen LogP contribution in [0.1, 0.15) is 24.3 Å². The van der Waals surface area contributed by atoms with Gasteiger partial charge in [-0.15, -0.1) is 0 Å². The summed E-state index contributed by atoms with van der Waals surface area (Å²) in [7, 11) is 0. The molecule has 1 aromatic rings. The Kier molecular flexibility index (Phi) is 2.18. The normalized spacial score (nSPS) is 31.6. The monoisotopic (exact) mass is 230 g/mol. The van der Waals surface area contributed by atoms with E-state index in [1.807, 2.05) is 30.3 Å². The van der Waals surface area contributed by atoms with Crippen LogP contribution in [0.15, 0.2) is 30.3 Å². The zero-order valence-corrected chi connectivity index (χ0v) is 9.40. The van der Waals surface area contributed by atoms with Crippen LogP contribution in [0, 0.1) is 0 Å². The van der Waals surface area contributed by atoms with Gasteiger partial charge in [0.25, 0.3) is 0 Å². The van der Waals surface area contributed by atoms with E-state index in [-0.39, 0.29) is 17.7 Å². The molecule has 2 fully saturated rings. The number of hydrogen-bond donors (Lipinski definition) is 2. The second kappa shape index (κ2) is 3.58. The summed E-state index contributed by atoms with van der Waals surface area (Å²) in [6.07, 6.45) is 1.04. The van der Waals surface area contributed by atoms with E-state index in [1.165, 1.54) is 0 Å². The Morgan fingerprint density at radius 3 is 2.59 bits per heavy atom. The van der Waals surface area contributed by atoms with Crippen molar-refractivity contribution in [3.05, 3.63) is 35.9 Å². The van der Waals surface area contributed by atoms with Crippen LogP contribution in [0.3, 0.4) is 0 Å². The Bertz CT molecular complexity index is 472. The number of amides is 2. The predicted molar refractivity (Wildman–Crippen MR) is 62.3 cm³/mol. The average Bonchev–Trinajstić information content (AvgIpc) is 2.87. The SMILES string of the molecule is O=C1CC[C@@]2(N1)C(=O)NC[C@H]2c1ccccc1. The summed E-state index contributed by atoms with van der Waals surface area (Å²) in [6, 6.07) is 9.90. The predicted octanol–water partition coefficient (Wildman–Crippen LogP) is 0.549. The van der Waals surface area contributed by atoms with E-state index < -0.39 is 5.54 Å². The van der Waals surface area contributed by atoms with Gasteiger partial charge in [0.2, 0.25) is 11.8 Å². The molecule has 4 heteroatoms. The molecule has 3 rings (SSSR count). The number of carbonyl (C=O) groups is 2. The number of rotatable bonds is 1. The largest absolute Gasteiger partial charge is 0.353 e. The maximum Gasteiger partial charge on any atom is 0.246 e. The van der Waals surface area contributed by atoms with Gasteiger partial charge in [0.15, 0.2) is 0 Å². The van der Waals surface area contributed by atoms with Crippen molar-refractivity contribution in [1.82, 2.24) is 10.6 Å². The summed E-state index contributed by atoms with van der Waals surface area (Å²) < 4.78 is 0.